The third kappa shape index (κ3) is 6.75. The van der Waals surface area contributed by atoms with Crippen LogP contribution in [0.1, 0.15) is 22.6 Å². The number of pyridine rings is 2. The summed E-state index contributed by atoms with van der Waals surface area (Å²) >= 11 is 0. The Labute approximate surface area is 307 Å². The fourth-order valence-electron chi connectivity index (χ4n) is 6.71. The third-order valence-corrected chi connectivity index (χ3v) is 9.00. The second-order valence-electron chi connectivity index (χ2n) is 12.0. The standard InChI is InChI=1S/C36H24N.C11H8N.Ir/c1-3-10-25(11-4-1)26-18-20-27(21-19-26)29-14-9-15-30(24-29)34-32-17-8-7-16-31(32)33-22-23-37-36(35(33)34)28-12-5-2-6-13-28;1-2-6-10(7-3-1)11-8-4-5-9-12-11;/h1-12,14-24,34H;1-6,8-9H;/q2*-1;. The van der Waals surface area contributed by atoms with Gasteiger partial charge in [-0.15, -0.1) is 71.8 Å². The van der Waals surface area contributed by atoms with Gasteiger partial charge in [0.15, 0.2) is 0 Å². The second kappa shape index (κ2) is 15.2. The molecule has 9 rings (SSSR count). The molecule has 0 N–H and O–H groups in total. The number of hydrogen-bond donors (Lipinski definition) is 0. The quantitative estimate of drug-likeness (QED) is 0.162. The first-order valence-electron chi connectivity index (χ1n) is 16.5. The van der Waals surface area contributed by atoms with Gasteiger partial charge in [0.05, 0.1) is 0 Å². The van der Waals surface area contributed by atoms with Crippen molar-refractivity contribution in [1.29, 1.82) is 0 Å². The molecule has 3 heteroatoms. The summed E-state index contributed by atoms with van der Waals surface area (Å²) in [7, 11) is 0. The Balaban J connectivity index is 0.000000255. The molecule has 8 aromatic rings. The van der Waals surface area contributed by atoms with E-state index in [1.54, 1.807) is 6.20 Å². The molecule has 0 fully saturated rings. The van der Waals surface area contributed by atoms with Gasteiger partial charge in [-0.3, -0.25) is 0 Å². The molecule has 50 heavy (non-hydrogen) atoms. The van der Waals surface area contributed by atoms with E-state index in [2.05, 4.69) is 138 Å². The van der Waals surface area contributed by atoms with Crippen molar-refractivity contribution in [3.8, 4) is 55.9 Å². The van der Waals surface area contributed by atoms with Crippen molar-refractivity contribution in [3.63, 3.8) is 0 Å². The molecule has 0 spiro atoms. The molecular formula is C47H32IrN2-2. The van der Waals surface area contributed by atoms with Crippen molar-refractivity contribution in [1.82, 2.24) is 9.97 Å². The van der Waals surface area contributed by atoms with Crippen LogP contribution < -0.4 is 0 Å². The summed E-state index contributed by atoms with van der Waals surface area (Å²) in [6.45, 7) is 0. The predicted molar refractivity (Wildman–Crippen MR) is 201 cm³/mol. The monoisotopic (exact) mass is 817 g/mol. The number of nitrogens with zero attached hydrogens (tertiary/aromatic N) is 2. The number of aromatic nitrogens is 2. The van der Waals surface area contributed by atoms with Crippen molar-refractivity contribution in [3.05, 3.63) is 217 Å². The van der Waals surface area contributed by atoms with E-state index in [0.29, 0.717) is 0 Å². The van der Waals surface area contributed by atoms with Gasteiger partial charge in [0.2, 0.25) is 0 Å². The van der Waals surface area contributed by atoms with Crippen LogP contribution >= 0.6 is 0 Å². The maximum Gasteiger partial charge on any atom is 0.0287 e. The van der Waals surface area contributed by atoms with Crippen molar-refractivity contribution in [2.24, 2.45) is 0 Å². The minimum atomic E-state index is 0. The zero-order valence-corrected chi connectivity index (χ0v) is 29.6. The molecule has 2 heterocycles. The SMILES string of the molecule is [Ir].[c-]1ccccc1-c1ccccn1.[c-]1ccccc1-c1nccc2c1C(c1cccc(-c3ccc(-c4ccccc4)cc3)c1)c1ccccc1-2. The first-order chi connectivity index (χ1) is 24.3. The smallest absolute Gasteiger partial charge is 0.0287 e. The molecule has 0 aliphatic heterocycles. The van der Waals surface area contributed by atoms with Gasteiger partial charge < -0.3 is 9.97 Å². The summed E-state index contributed by atoms with van der Waals surface area (Å²) in [4.78, 5) is 9.08. The van der Waals surface area contributed by atoms with E-state index in [1.807, 2.05) is 60.8 Å². The van der Waals surface area contributed by atoms with Crippen LogP contribution in [0.4, 0.5) is 0 Å². The van der Waals surface area contributed by atoms with Crippen LogP contribution in [0.25, 0.3) is 55.9 Å². The van der Waals surface area contributed by atoms with Gasteiger partial charge in [-0.05, 0) is 73.6 Å². The van der Waals surface area contributed by atoms with Crippen LogP contribution in [0.2, 0.25) is 0 Å². The Morgan fingerprint density at radius 1 is 0.440 bits per heavy atom. The minimum Gasteiger partial charge on any atom is -0.305 e. The normalized spacial score (nSPS) is 12.4. The maximum absolute atomic E-state index is 4.87. The second-order valence-corrected chi connectivity index (χ2v) is 12.0. The number of hydrogen-bond acceptors (Lipinski definition) is 2. The Morgan fingerprint density at radius 2 is 1.08 bits per heavy atom. The Bertz CT molecular complexity index is 2270. The fourth-order valence-corrected chi connectivity index (χ4v) is 6.71. The van der Waals surface area contributed by atoms with Crippen molar-refractivity contribution >= 4 is 0 Å². The van der Waals surface area contributed by atoms with Crippen molar-refractivity contribution < 1.29 is 20.1 Å². The molecule has 6 aromatic carbocycles. The van der Waals surface area contributed by atoms with Gasteiger partial charge in [0.25, 0.3) is 0 Å². The van der Waals surface area contributed by atoms with Crippen LogP contribution in [-0.2, 0) is 20.1 Å². The van der Waals surface area contributed by atoms with Crippen molar-refractivity contribution in [2.75, 3.05) is 0 Å². The average Bonchev–Trinajstić information content (AvgIpc) is 3.54. The molecule has 2 nitrogen and oxygen atoms in total. The van der Waals surface area contributed by atoms with Crippen molar-refractivity contribution in [2.45, 2.75) is 5.92 Å². The third-order valence-electron chi connectivity index (χ3n) is 9.00. The Kier molecular flexibility index (Phi) is 9.98. The summed E-state index contributed by atoms with van der Waals surface area (Å²) in [5.41, 5.74) is 15.4. The molecule has 0 amide bonds. The summed E-state index contributed by atoms with van der Waals surface area (Å²) in [5, 5.41) is 0. The Hall–Kier alpha value is -5.73. The molecule has 1 atom stereocenters. The molecular weight excluding hydrogens is 785 g/mol. The fraction of sp³-hybridized carbons (Fsp3) is 0.0213. The Morgan fingerprint density at radius 3 is 1.80 bits per heavy atom. The van der Waals surface area contributed by atoms with Crippen LogP contribution in [0, 0.1) is 12.1 Å². The summed E-state index contributed by atoms with van der Waals surface area (Å²) in [6.07, 6.45) is 3.72. The first-order valence-corrected chi connectivity index (χ1v) is 16.5. The number of benzene rings is 6. The van der Waals surface area contributed by atoms with Gasteiger partial charge in [-0.25, -0.2) is 0 Å². The van der Waals surface area contributed by atoms with Crippen LogP contribution in [0.3, 0.4) is 0 Å². The molecule has 0 saturated carbocycles. The summed E-state index contributed by atoms with van der Waals surface area (Å²) in [5.74, 6) is 0.118. The van der Waals surface area contributed by atoms with Crippen LogP contribution in [-0.4, -0.2) is 9.97 Å². The molecule has 1 aliphatic rings. The van der Waals surface area contributed by atoms with Gasteiger partial charge in [0.1, 0.15) is 0 Å². The first kappa shape index (κ1) is 32.8. The van der Waals surface area contributed by atoms with Gasteiger partial charge in [-0.2, -0.15) is 0 Å². The molecule has 1 aliphatic carbocycles. The number of fused-ring (bicyclic) bond motifs is 3. The van der Waals surface area contributed by atoms with E-state index >= 15 is 0 Å². The maximum atomic E-state index is 4.87. The average molecular weight is 817 g/mol. The molecule has 241 valence electrons. The molecule has 1 radical (unpaired) electrons. The van der Waals surface area contributed by atoms with Crippen LogP contribution in [0.5, 0.6) is 0 Å². The zero-order chi connectivity index (χ0) is 32.8. The van der Waals surface area contributed by atoms with E-state index in [1.165, 1.54) is 50.1 Å². The van der Waals surface area contributed by atoms with E-state index < -0.39 is 0 Å². The van der Waals surface area contributed by atoms with E-state index in [0.717, 1.165) is 22.5 Å². The van der Waals surface area contributed by atoms with E-state index in [9.17, 15) is 0 Å². The molecule has 1 unspecified atom stereocenters. The minimum absolute atomic E-state index is 0. The topological polar surface area (TPSA) is 25.8 Å². The van der Waals surface area contributed by atoms with Gasteiger partial charge in [0, 0.05) is 38.4 Å². The largest absolute Gasteiger partial charge is 0.305 e. The predicted octanol–water partition coefficient (Wildman–Crippen LogP) is 11.6. The summed E-state index contributed by atoms with van der Waals surface area (Å²) in [6, 6.07) is 67.7. The van der Waals surface area contributed by atoms with Crippen LogP contribution in [0.15, 0.2) is 188 Å². The van der Waals surface area contributed by atoms with E-state index in [4.69, 9.17) is 4.98 Å². The number of rotatable bonds is 5. The summed E-state index contributed by atoms with van der Waals surface area (Å²) < 4.78 is 0. The van der Waals surface area contributed by atoms with Gasteiger partial charge in [-0.1, -0.05) is 115 Å². The zero-order valence-electron chi connectivity index (χ0n) is 27.2. The van der Waals surface area contributed by atoms with E-state index in [-0.39, 0.29) is 26.0 Å². The molecule has 2 aromatic heterocycles. The molecule has 0 saturated heterocycles. The molecule has 0 bridgehead atoms. The van der Waals surface area contributed by atoms with Gasteiger partial charge >= 0.3 is 0 Å².